The van der Waals surface area contributed by atoms with Crippen molar-refractivity contribution in [2.75, 3.05) is 32.4 Å². The molecule has 0 spiro atoms. The van der Waals surface area contributed by atoms with Crippen LogP contribution in [0.4, 0.5) is 9.59 Å². The first-order chi connectivity index (χ1) is 13.5. The molecular weight excluding hydrogens is 412 g/mol. The van der Waals surface area contributed by atoms with Crippen LogP contribution in [0.15, 0.2) is 0 Å². The fraction of sp³-hybridized carbons (Fsp3) is 0.895. The maximum Gasteiger partial charge on any atom is 0.410 e. The number of nitrogens with two attached hydrogens (primary N) is 1. The Balaban J connectivity index is 0.000000311. The van der Waals surface area contributed by atoms with Gasteiger partial charge >= 0.3 is 12.2 Å². The summed E-state index contributed by atoms with van der Waals surface area (Å²) < 4.78 is 35.0. The summed E-state index contributed by atoms with van der Waals surface area (Å²) in [6.07, 6.45) is 1.96. The molecule has 2 fully saturated rings. The highest BCUT2D eigenvalue weighted by atomic mass is 32.2. The first-order valence-electron chi connectivity index (χ1n) is 10.1. The van der Waals surface area contributed by atoms with Gasteiger partial charge in [0.2, 0.25) is 10.0 Å². The van der Waals surface area contributed by atoms with Gasteiger partial charge in [-0.2, -0.15) is 0 Å². The molecule has 2 atom stereocenters. The van der Waals surface area contributed by atoms with Crippen LogP contribution >= 0.6 is 0 Å². The summed E-state index contributed by atoms with van der Waals surface area (Å²) in [7, 11) is -3.22. The number of nitrogens with one attached hydrogen (secondary N) is 1. The largest absolute Gasteiger partial charge is 0.444 e. The van der Waals surface area contributed by atoms with Gasteiger partial charge in [0, 0.05) is 38.3 Å². The Hall–Kier alpha value is -1.59. The standard InChI is InChI=1S/C10H20N2O4S.C9H18N2O2/c1-10(2,3)16-9(13)12-6-5-8(7-12)11-17(4,14)15;1-9(2,3)13-8(12)11-5-4-7(10)6-11/h8,11H,5-7H2,1-4H3;7H,4-6,10H2,1-3H3/t8-;7-/m00/s1. The van der Waals surface area contributed by atoms with Crippen molar-refractivity contribution in [3.05, 3.63) is 0 Å². The molecule has 2 saturated heterocycles. The van der Waals surface area contributed by atoms with Crippen LogP contribution in [0.2, 0.25) is 0 Å². The molecule has 0 unspecified atom stereocenters. The third kappa shape index (κ3) is 11.0. The molecule has 3 N–H and O–H groups in total. The van der Waals surface area contributed by atoms with Crippen LogP contribution in [0.3, 0.4) is 0 Å². The van der Waals surface area contributed by atoms with E-state index in [-0.39, 0.29) is 18.2 Å². The van der Waals surface area contributed by atoms with E-state index in [1.54, 1.807) is 25.7 Å². The number of hydrogen-bond acceptors (Lipinski definition) is 7. The van der Waals surface area contributed by atoms with E-state index in [9.17, 15) is 18.0 Å². The third-order valence-corrected chi connectivity index (χ3v) is 4.86. The molecule has 10 nitrogen and oxygen atoms in total. The Kier molecular flexibility index (Phi) is 8.94. The second-order valence-corrected chi connectivity index (χ2v) is 11.6. The molecule has 2 aliphatic heterocycles. The number of carbonyl (C=O) groups excluding carboxylic acids is 2. The number of ether oxygens (including phenoxy) is 2. The molecule has 11 heteroatoms. The highest BCUT2D eigenvalue weighted by Gasteiger charge is 2.31. The lowest BCUT2D eigenvalue weighted by molar-refractivity contribution is 0.0282. The monoisotopic (exact) mass is 450 g/mol. The van der Waals surface area contributed by atoms with E-state index >= 15 is 0 Å². The Bertz CT molecular complexity index is 699. The average Bonchev–Trinajstić information content (AvgIpc) is 3.12. The molecule has 0 saturated carbocycles. The first-order valence-corrected chi connectivity index (χ1v) is 12.0. The van der Waals surface area contributed by atoms with Crippen molar-refractivity contribution in [3.63, 3.8) is 0 Å². The fourth-order valence-corrected chi connectivity index (χ4v) is 3.73. The van der Waals surface area contributed by atoms with Crippen LogP contribution < -0.4 is 10.5 Å². The van der Waals surface area contributed by atoms with Crippen molar-refractivity contribution in [1.82, 2.24) is 14.5 Å². The predicted octanol–water partition coefficient (Wildman–Crippen LogP) is 1.50. The molecule has 2 rings (SSSR count). The van der Waals surface area contributed by atoms with Gasteiger partial charge < -0.3 is 25.0 Å². The molecule has 2 heterocycles. The molecule has 0 radical (unpaired) electrons. The molecule has 0 bridgehead atoms. The molecule has 2 amide bonds. The zero-order valence-electron chi connectivity index (χ0n) is 19.2. The van der Waals surface area contributed by atoms with Gasteiger partial charge in [-0.05, 0) is 54.4 Å². The summed E-state index contributed by atoms with van der Waals surface area (Å²) in [5.41, 5.74) is 4.74. The molecule has 30 heavy (non-hydrogen) atoms. The second kappa shape index (κ2) is 10.1. The van der Waals surface area contributed by atoms with E-state index < -0.39 is 27.3 Å². The fourth-order valence-electron chi connectivity index (χ4n) is 2.93. The Morgan fingerprint density at radius 2 is 1.33 bits per heavy atom. The van der Waals surface area contributed by atoms with Crippen LogP contribution in [0.1, 0.15) is 54.4 Å². The number of amides is 2. The van der Waals surface area contributed by atoms with E-state index in [2.05, 4.69) is 4.72 Å². The van der Waals surface area contributed by atoms with Crippen LogP contribution in [0, 0.1) is 0 Å². The van der Waals surface area contributed by atoms with Crippen LogP contribution in [0.5, 0.6) is 0 Å². The van der Waals surface area contributed by atoms with Gasteiger partial charge in [0.05, 0.1) is 6.26 Å². The average molecular weight is 451 g/mol. The predicted molar refractivity (Wildman–Crippen MR) is 115 cm³/mol. The van der Waals surface area contributed by atoms with Gasteiger partial charge in [-0.15, -0.1) is 0 Å². The first kappa shape index (κ1) is 26.4. The normalized spacial score (nSPS) is 22.4. The van der Waals surface area contributed by atoms with E-state index in [1.807, 2.05) is 20.8 Å². The quantitative estimate of drug-likeness (QED) is 0.652. The summed E-state index contributed by atoms with van der Waals surface area (Å²) in [5, 5.41) is 0. The van der Waals surface area contributed by atoms with Crippen molar-refractivity contribution in [2.24, 2.45) is 5.73 Å². The van der Waals surface area contributed by atoms with Gasteiger partial charge in [0.1, 0.15) is 11.2 Å². The number of nitrogens with zero attached hydrogens (tertiary/aromatic N) is 2. The van der Waals surface area contributed by atoms with Crippen molar-refractivity contribution in [2.45, 2.75) is 77.7 Å². The van der Waals surface area contributed by atoms with Crippen molar-refractivity contribution >= 4 is 22.2 Å². The Labute approximate surface area is 180 Å². The summed E-state index contributed by atoms with van der Waals surface area (Å²) in [5.74, 6) is 0. The molecule has 0 aromatic rings. The minimum Gasteiger partial charge on any atom is -0.444 e. The topological polar surface area (TPSA) is 131 Å². The maximum absolute atomic E-state index is 11.7. The Morgan fingerprint density at radius 3 is 1.70 bits per heavy atom. The van der Waals surface area contributed by atoms with E-state index in [0.717, 1.165) is 19.2 Å². The van der Waals surface area contributed by atoms with Gasteiger partial charge in [-0.3, -0.25) is 0 Å². The van der Waals surface area contributed by atoms with Crippen LogP contribution in [0.25, 0.3) is 0 Å². The van der Waals surface area contributed by atoms with E-state index in [4.69, 9.17) is 15.2 Å². The molecule has 0 aromatic heterocycles. The SMILES string of the molecule is CC(C)(C)OC(=O)N1CC[C@H](N)C1.CC(C)(C)OC(=O)N1CC[C@H](NS(C)(=O)=O)C1. The minimum atomic E-state index is -3.22. The lowest BCUT2D eigenvalue weighted by atomic mass is 10.2. The summed E-state index contributed by atoms with van der Waals surface area (Å²) >= 11 is 0. The van der Waals surface area contributed by atoms with Crippen molar-refractivity contribution in [1.29, 1.82) is 0 Å². The zero-order valence-corrected chi connectivity index (χ0v) is 20.0. The van der Waals surface area contributed by atoms with Gasteiger partial charge in [0.15, 0.2) is 0 Å². The molecule has 2 aliphatic rings. The van der Waals surface area contributed by atoms with E-state index in [1.165, 1.54) is 4.90 Å². The van der Waals surface area contributed by atoms with Gasteiger partial charge in [0.25, 0.3) is 0 Å². The summed E-state index contributed by atoms with van der Waals surface area (Å²) in [6, 6.07) is -0.0926. The minimum absolute atomic E-state index is 0.118. The smallest absolute Gasteiger partial charge is 0.410 e. The lowest BCUT2D eigenvalue weighted by Crippen LogP contribution is -2.39. The van der Waals surface area contributed by atoms with Crippen LogP contribution in [-0.4, -0.2) is 86.1 Å². The molecule has 176 valence electrons. The Morgan fingerprint density at radius 1 is 0.900 bits per heavy atom. The van der Waals surface area contributed by atoms with E-state index in [0.29, 0.717) is 26.1 Å². The summed E-state index contributed by atoms with van der Waals surface area (Å²) in [4.78, 5) is 26.3. The number of sulfonamides is 1. The number of rotatable bonds is 2. The zero-order chi connectivity index (χ0) is 23.3. The highest BCUT2D eigenvalue weighted by molar-refractivity contribution is 7.88. The number of carbonyl (C=O) groups is 2. The van der Waals surface area contributed by atoms with Crippen LogP contribution in [-0.2, 0) is 19.5 Å². The maximum atomic E-state index is 11.7. The van der Waals surface area contributed by atoms with Gasteiger partial charge in [-0.1, -0.05) is 0 Å². The third-order valence-electron chi connectivity index (χ3n) is 4.10. The van der Waals surface area contributed by atoms with Crippen molar-refractivity contribution in [3.8, 4) is 0 Å². The number of likely N-dealkylation sites (tertiary alicyclic amines) is 2. The second-order valence-electron chi connectivity index (χ2n) is 9.78. The lowest BCUT2D eigenvalue weighted by Gasteiger charge is -2.24. The number of hydrogen-bond donors (Lipinski definition) is 2. The highest BCUT2D eigenvalue weighted by Crippen LogP contribution is 2.16. The molecule has 0 aliphatic carbocycles. The molecule has 0 aromatic carbocycles. The van der Waals surface area contributed by atoms with Crippen molar-refractivity contribution < 1.29 is 27.5 Å². The van der Waals surface area contributed by atoms with Gasteiger partial charge in [-0.25, -0.2) is 22.7 Å². The summed E-state index contributed by atoms with van der Waals surface area (Å²) in [6.45, 7) is 13.2. The molecular formula is C19H38N4O6S.